The number of hydrogen-bond donors (Lipinski definition) is 1. The SMILES string of the molecule is CC(C)N1CCC(NC2CCCOCC2)CC1. The van der Waals surface area contributed by atoms with Crippen LogP contribution in [0.2, 0.25) is 0 Å². The van der Waals surface area contributed by atoms with Crippen molar-refractivity contribution in [1.29, 1.82) is 0 Å². The molecule has 0 aromatic heterocycles. The third kappa shape index (κ3) is 4.23. The zero-order valence-electron chi connectivity index (χ0n) is 11.5. The molecule has 0 saturated carbocycles. The van der Waals surface area contributed by atoms with E-state index in [1.54, 1.807) is 0 Å². The van der Waals surface area contributed by atoms with E-state index < -0.39 is 0 Å². The van der Waals surface area contributed by atoms with Gasteiger partial charge in [-0.3, -0.25) is 0 Å². The minimum Gasteiger partial charge on any atom is -0.381 e. The predicted octanol–water partition coefficient (Wildman–Crippen LogP) is 2.02. The van der Waals surface area contributed by atoms with E-state index in [4.69, 9.17) is 4.74 Å². The summed E-state index contributed by atoms with van der Waals surface area (Å²) in [5.41, 5.74) is 0. The Balaban J connectivity index is 1.69. The fourth-order valence-electron chi connectivity index (χ4n) is 2.99. The van der Waals surface area contributed by atoms with Crippen LogP contribution in [0.5, 0.6) is 0 Å². The largest absolute Gasteiger partial charge is 0.381 e. The quantitative estimate of drug-likeness (QED) is 0.817. The monoisotopic (exact) mass is 240 g/mol. The average Bonchev–Trinajstić information content (AvgIpc) is 2.58. The van der Waals surface area contributed by atoms with Crippen LogP contribution in [0, 0.1) is 0 Å². The highest BCUT2D eigenvalue weighted by Gasteiger charge is 2.23. The van der Waals surface area contributed by atoms with E-state index >= 15 is 0 Å². The number of ether oxygens (including phenoxy) is 1. The van der Waals surface area contributed by atoms with Crippen molar-refractivity contribution < 1.29 is 4.74 Å². The van der Waals surface area contributed by atoms with E-state index in [2.05, 4.69) is 24.1 Å². The smallest absolute Gasteiger partial charge is 0.0480 e. The van der Waals surface area contributed by atoms with E-state index in [1.165, 1.54) is 45.2 Å². The fourth-order valence-corrected chi connectivity index (χ4v) is 2.99. The molecule has 2 aliphatic rings. The van der Waals surface area contributed by atoms with Crippen molar-refractivity contribution in [3.63, 3.8) is 0 Å². The van der Waals surface area contributed by atoms with Crippen LogP contribution in [-0.4, -0.2) is 49.3 Å². The van der Waals surface area contributed by atoms with Gasteiger partial charge in [-0.2, -0.15) is 0 Å². The number of rotatable bonds is 3. The lowest BCUT2D eigenvalue weighted by atomic mass is 10.0. The number of piperidine rings is 1. The molecule has 0 aromatic carbocycles. The summed E-state index contributed by atoms with van der Waals surface area (Å²) in [5.74, 6) is 0. The standard InChI is InChI=1S/C14H28N2O/c1-12(2)16-8-5-14(6-9-16)15-13-4-3-10-17-11-7-13/h12-15H,3-11H2,1-2H3. The maximum Gasteiger partial charge on any atom is 0.0480 e. The normalized spacial score (nSPS) is 29.5. The van der Waals surface area contributed by atoms with Crippen molar-refractivity contribution in [2.24, 2.45) is 0 Å². The molecule has 1 atom stereocenters. The summed E-state index contributed by atoms with van der Waals surface area (Å²) in [6.45, 7) is 9.04. The van der Waals surface area contributed by atoms with Crippen molar-refractivity contribution >= 4 is 0 Å². The van der Waals surface area contributed by atoms with Gasteiger partial charge in [0.15, 0.2) is 0 Å². The molecule has 1 N–H and O–H groups in total. The first kappa shape index (κ1) is 13.3. The molecule has 100 valence electrons. The highest BCUT2D eigenvalue weighted by Crippen LogP contribution is 2.16. The van der Waals surface area contributed by atoms with Crippen molar-refractivity contribution in [3.05, 3.63) is 0 Å². The Morgan fingerprint density at radius 3 is 2.41 bits per heavy atom. The molecular weight excluding hydrogens is 212 g/mol. The third-order valence-electron chi connectivity index (χ3n) is 4.18. The molecule has 3 heteroatoms. The molecule has 0 aromatic rings. The fraction of sp³-hybridized carbons (Fsp3) is 1.00. The summed E-state index contributed by atoms with van der Waals surface area (Å²) in [6, 6.07) is 2.16. The number of nitrogens with one attached hydrogen (secondary N) is 1. The second-order valence-electron chi connectivity index (χ2n) is 5.81. The van der Waals surface area contributed by atoms with Crippen molar-refractivity contribution in [2.75, 3.05) is 26.3 Å². The number of likely N-dealkylation sites (tertiary alicyclic amines) is 1. The summed E-state index contributed by atoms with van der Waals surface area (Å²) in [5, 5.41) is 3.85. The van der Waals surface area contributed by atoms with E-state index in [1.807, 2.05) is 0 Å². The van der Waals surface area contributed by atoms with Crippen molar-refractivity contribution in [1.82, 2.24) is 10.2 Å². The molecular formula is C14H28N2O. The van der Waals surface area contributed by atoms with Crippen LogP contribution < -0.4 is 5.32 Å². The molecule has 3 nitrogen and oxygen atoms in total. The summed E-state index contributed by atoms with van der Waals surface area (Å²) in [6.07, 6.45) is 6.35. The highest BCUT2D eigenvalue weighted by atomic mass is 16.5. The Labute approximate surface area is 106 Å². The van der Waals surface area contributed by atoms with Gasteiger partial charge >= 0.3 is 0 Å². The Kier molecular flexibility index (Phi) is 5.26. The predicted molar refractivity (Wildman–Crippen MR) is 71.3 cm³/mol. The van der Waals surface area contributed by atoms with Crippen LogP contribution in [0.25, 0.3) is 0 Å². The van der Waals surface area contributed by atoms with Crippen molar-refractivity contribution in [3.8, 4) is 0 Å². The number of hydrogen-bond acceptors (Lipinski definition) is 3. The highest BCUT2D eigenvalue weighted by molar-refractivity contribution is 4.82. The molecule has 2 heterocycles. The molecule has 0 radical (unpaired) electrons. The first-order chi connectivity index (χ1) is 8.25. The second-order valence-corrected chi connectivity index (χ2v) is 5.81. The first-order valence-corrected chi connectivity index (χ1v) is 7.33. The molecule has 0 spiro atoms. The van der Waals surface area contributed by atoms with Gasteiger partial charge in [0.25, 0.3) is 0 Å². The Morgan fingerprint density at radius 2 is 1.71 bits per heavy atom. The lowest BCUT2D eigenvalue weighted by Crippen LogP contribution is -2.47. The van der Waals surface area contributed by atoms with E-state index in [0.29, 0.717) is 12.1 Å². The summed E-state index contributed by atoms with van der Waals surface area (Å²) < 4.78 is 5.51. The van der Waals surface area contributed by atoms with E-state index in [-0.39, 0.29) is 0 Å². The Hall–Kier alpha value is -0.120. The molecule has 2 aliphatic heterocycles. The lowest BCUT2D eigenvalue weighted by molar-refractivity contribution is 0.138. The molecule has 0 amide bonds. The van der Waals surface area contributed by atoms with E-state index in [0.717, 1.165) is 19.3 Å². The topological polar surface area (TPSA) is 24.5 Å². The Morgan fingerprint density at radius 1 is 1.00 bits per heavy atom. The first-order valence-electron chi connectivity index (χ1n) is 7.33. The number of nitrogens with zero attached hydrogens (tertiary/aromatic N) is 1. The summed E-state index contributed by atoms with van der Waals surface area (Å²) in [7, 11) is 0. The van der Waals surface area contributed by atoms with Gasteiger partial charge in [0, 0.05) is 31.3 Å². The average molecular weight is 240 g/mol. The van der Waals surface area contributed by atoms with E-state index in [9.17, 15) is 0 Å². The van der Waals surface area contributed by atoms with Gasteiger partial charge in [0.1, 0.15) is 0 Å². The van der Waals surface area contributed by atoms with Gasteiger partial charge < -0.3 is 15.0 Å². The van der Waals surface area contributed by atoms with Gasteiger partial charge in [-0.25, -0.2) is 0 Å². The van der Waals surface area contributed by atoms with Crippen LogP contribution in [0.4, 0.5) is 0 Å². The van der Waals surface area contributed by atoms with Gasteiger partial charge in [0.2, 0.25) is 0 Å². The maximum atomic E-state index is 5.51. The zero-order chi connectivity index (χ0) is 12.1. The molecule has 0 aliphatic carbocycles. The van der Waals surface area contributed by atoms with Crippen LogP contribution in [0.3, 0.4) is 0 Å². The third-order valence-corrected chi connectivity index (χ3v) is 4.18. The molecule has 2 saturated heterocycles. The molecule has 17 heavy (non-hydrogen) atoms. The minimum absolute atomic E-state index is 0.702. The second kappa shape index (κ2) is 6.72. The van der Waals surface area contributed by atoms with Gasteiger partial charge in [-0.1, -0.05) is 0 Å². The van der Waals surface area contributed by atoms with Crippen molar-refractivity contribution in [2.45, 2.75) is 64.1 Å². The van der Waals surface area contributed by atoms with Gasteiger partial charge in [-0.15, -0.1) is 0 Å². The lowest BCUT2D eigenvalue weighted by Gasteiger charge is -2.36. The minimum atomic E-state index is 0.702. The van der Waals surface area contributed by atoms with Gasteiger partial charge in [0.05, 0.1) is 0 Å². The summed E-state index contributed by atoms with van der Waals surface area (Å²) >= 11 is 0. The van der Waals surface area contributed by atoms with Crippen LogP contribution in [0.15, 0.2) is 0 Å². The molecule has 0 bridgehead atoms. The van der Waals surface area contributed by atoms with Gasteiger partial charge in [-0.05, 0) is 59.0 Å². The maximum absolute atomic E-state index is 5.51. The summed E-state index contributed by atoms with van der Waals surface area (Å²) in [4.78, 5) is 2.59. The van der Waals surface area contributed by atoms with Crippen LogP contribution in [0.1, 0.15) is 46.0 Å². The van der Waals surface area contributed by atoms with Crippen LogP contribution in [-0.2, 0) is 4.74 Å². The zero-order valence-corrected chi connectivity index (χ0v) is 11.5. The molecule has 2 rings (SSSR count). The van der Waals surface area contributed by atoms with Crippen LogP contribution >= 0.6 is 0 Å². The Bertz CT molecular complexity index is 204. The molecule has 2 fully saturated rings. The molecule has 1 unspecified atom stereocenters.